The Labute approximate surface area is 189 Å². The van der Waals surface area contributed by atoms with Crippen LogP contribution in [0, 0.1) is 12.8 Å². The third-order valence-electron chi connectivity index (χ3n) is 6.40. The summed E-state index contributed by atoms with van der Waals surface area (Å²) in [7, 11) is 0. The number of piperidine rings is 2. The van der Waals surface area contributed by atoms with Crippen molar-refractivity contribution in [1.29, 1.82) is 0 Å². The van der Waals surface area contributed by atoms with E-state index in [-0.39, 0.29) is 23.6 Å². The Morgan fingerprint density at radius 2 is 1.50 bits per heavy atom. The van der Waals surface area contributed by atoms with Crippen LogP contribution < -0.4 is 5.32 Å². The lowest BCUT2D eigenvalue weighted by atomic mass is 9.96. The van der Waals surface area contributed by atoms with Crippen LogP contribution in [0.3, 0.4) is 0 Å². The summed E-state index contributed by atoms with van der Waals surface area (Å²) >= 11 is 0. The number of rotatable bonds is 4. The van der Waals surface area contributed by atoms with Gasteiger partial charge in [-0.05, 0) is 69.4 Å². The van der Waals surface area contributed by atoms with Gasteiger partial charge in [-0.25, -0.2) is 0 Å². The molecule has 1 atom stereocenters. The van der Waals surface area contributed by atoms with Gasteiger partial charge in [-0.2, -0.15) is 0 Å². The lowest BCUT2D eigenvalue weighted by Crippen LogP contribution is -2.43. The first-order valence-corrected chi connectivity index (χ1v) is 11.6. The highest BCUT2D eigenvalue weighted by Crippen LogP contribution is 2.22. The first-order valence-electron chi connectivity index (χ1n) is 11.6. The molecule has 2 saturated heterocycles. The van der Waals surface area contributed by atoms with E-state index >= 15 is 0 Å². The van der Waals surface area contributed by atoms with Crippen LogP contribution in [0.1, 0.15) is 58.4 Å². The average molecular weight is 434 g/mol. The Morgan fingerprint density at radius 3 is 2.25 bits per heavy atom. The molecular weight excluding hydrogens is 402 g/mol. The molecule has 2 heterocycles. The molecule has 2 aliphatic rings. The molecule has 2 aromatic rings. The highest BCUT2D eigenvalue weighted by atomic mass is 16.2. The van der Waals surface area contributed by atoms with Crippen LogP contribution >= 0.6 is 0 Å². The molecule has 6 nitrogen and oxygen atoms in total. The number of nitrogens with zero attached hydrogens (tertiary/aromatic N) is 2. The quantitative estimate of drug-likeness (QED) is 0.789. The molecule has 2 aliphatic heterocycles. The maximum Gasteiger partial charge on any atom is 0.253 e. The minimum Gasteiger partial charge on any atom is -0.339 e. The summed E-state index contributed by atoms with van der Waals surface area (Å²) in [6.07, 6.45) is 4.80. The third kappa shape index (κ3) is 5.18. The number of anilines is 1. The van der Waals surface area contributed by atoms with Gasteiger partial charge in [0, 0.05) is 43.0 Å². The summed E-state index contributed by atoms with van der Waals surface area (Å²) < 4.78 is 0. The van der Waals surface area contributed by atoms with E-state index in [2.05, 4.69) is 5.32 Å². The molecule has 0 radical (unpaired) electrons. The zero-order valence-corrected chi connectivity index (χ0v) is 18.7. The molecule has 0 aliphatic carbocycles. The smallest absolute Gasteiger partial charge is 0.253 e. The maximum atomic E-state index is 13.0. The number of aryl methyl sites for hydroxylation is 1. The van der Waals surface area contributed by atoms with Gasteiger partial charge in [0.05, 0.1) is 5.92 Å². The number of carbonyl (C=O) groups is 3. The molecule has 0 spiro atoms. The van der Waals surface area contributed by atoms with Crippen LogP contribution in [0.5, 0.6) is 0 Å². The largest absolute Gasteiger partial charge is 0.339 e. The highest BCUT2D eigenvalue weighted by molar-refractivity contribution is 5.98. The number of benzene rings is 2. The van der Waals surface area contributed by atoms with Gasteiger partial charge >= 0.3 is 0 Å². The highest BCUT2D eigenvalue weighted by Gasteiger charge is 2.29. The van der Waals surface area contributed by atoms with Crippen LogP contribution in [0.4, 0.5) is 5.69 Å². The van der Waals surface area contributed by atoms with E-state index in [4.69, 9.17) is 0 Å². The van der Waals surface area contributed by atoms with E-state index in [0.29, 0.717) is 29.9 Å². The molecular formula is C26H31N3O3. The molecule has 0 bridgehead atoms. The van der Waals surface area contributed by atoms with E-state index in [0.717, 1.165) is 44.3 Å². The minimum atomic E-state index is -0.264. The molecule has 32 heavy (non-hydrogen) atoms. The number of hydrogen-bond acceptors (Lipinski definition) is 3. The first kappa shape index (κ1) is 22.1. The zero-order chi connectivity index (χ0) is 22.5. The summed E-state index contributed by atoms with van der Waals surface area (Å²) in [5.74, 6) is -0.376. The van der Waals surface area contributed by atoms with Crippen molar-refractivity contribution < 1.29 is 14.4 Å². The fourth-order valence-corrected chi connectivity index (χ4v) is 4.51. The second-order valence-corrected chi connectivity index (χ2v) is 8.88. The molecule has 1 unspecified atom stereocenters. The summed E-state index contributed by atoms with van der Waals surface area (Å²) in [4.78, 5) is 42.3. The van der Waals surface area contributed by atoms with Gasteiger partial charge in [0.15, 0.2) is 0 Å². The van der Waals surface area contributed by atoms with E-state index in [1.54, 1.807) is 23.1 Å². The maximum absolute atomic E-state index is 13.0. The molecule has 6 heteroatoms. The molecule has 2 aromatic carbocycles. The van der Waals surface area contributed by atoms with Gasteiger partial charge in [0.25, 0.3) is 11.8 Å². The predicted octanol–water partition coefficient (Wildman–Crippen LogP) is 4.11. The summed E-state index contributed by atoms with van der Waals surface area (Å²) in [6, 6.07) is 14.7. The SMILES string of the molecule is Cc1ccc(C(=O)N2CCCC(C(=O)Nc3cccc(C(=O)N4CCCCC4)c3)C2)cc1. The molecule has 1 N–H and O–H groups in total. The normalized spacial score (nSPS) is 18.8. The van der Waals surface area contributed by atoms with Crippen LogP contribution in [0.15, 0.2) is 48.5 Å². The van der Waals surface area contributed by atoms with Crippen LogP contribution in [0.25, 0.3) is 0 Å². The summed E-state index contributed by atoms with van der Waals surface area (Å²) in [5, 5.41) is 2.97. The summed E-state index contributed by atoms with van der Waals surface area (Å²) in [6.45, 7) is 4.65. The van der Waals surface area contributed by atoms with Gasteiger partial charge in [-0.15, -0.1) is 0 Å². The fourth-order valence-electron chi connectivity index (χ4n) is 4.51. The minimum absolute atomic E-state index is 0.0216. The predicted molar refractivity (Wildman–Crippen MR) is 125 cm³/mol. The topological polar surface area (TPSA) is 69.7 Å². The Bertz CT molecular complexity index is 980. The molecule has 3 amide bonds. The average Bonchev–Trinajstić information content (AvgIpc) is 2.84. The fraction of sp³-hybridized carbons (Fsp3) is 0.423. The van der Waals surface area contributed by atoms with Crippen LogP contribution in [-0.2, 0) is 4.79 Å². The molecule has 0 saturated carbocycles. The Morgan fingerprint density at radius 1 is 0.812 bits per heavy atom. The Hall–Kier alpha value is -3.15. The molecule has 0 aromatic heterocycles. The number of hydrogen-bond donors (Lipinski definition) is 1. The standard InChI is InChI=1S/C26H31N3O3/c1-19-10-12-20(13-11-19)25(31)29-16-6-8-22(18-29)24(30)27-23-9-5-7-21(17-23)26(32)28-14-3-2-4-15-28/h5,7,9-13,17,22H,2-4,6,8,14-16,18H2,1H3,(H,27,30). The van der Waals surface area contributed by atoms with Crippen molar-refractivity contribution in [3.8, 4) is 0 Å². The van der Waals surface area contributed by atoms with Gasteiger partial charge in [-0.3, -0.25) is 14.4 Å². The second kappa shape index (κ2) is 9.98. The Balaban J connectivity index is 1.38. The van der Waals surface area contributed by atoms with Crippen molar-refractivity contribution in [2.75, 3.05) is 31.5 Å². The molecule has 2 fully saturated rings. The number of nitrogens with one attached hydrogen (secondary N) is 1. The first-order chi connectivity index (χ1) is 15.5. The van der Waals surface area contributed by atoms with Gasteiger partial charge < -0.3 is 15.1 Å². The number of carbonyl (C=O) groups excluding carboxylic acids is 3. The van der Waals surface area contributed by atoms with E-state index in [1.165, 1.54) is 6.42 Å². The van der Waals surface area contributed by atoms with Crippen LogP contribution in [-0.4, -0.2) is 53.7 Å². The van der Waals surface area contributed by atoms with Crippen molar-refractivity contribution in [3.05, 3.63) is 65.2 Å². The lowest BCUT2D eigenvalue weighted by Gasteiger charge is -2.32. The van der Waals surface area contributed by atoms with Gasteiger partial charge in [0.1, 0.15) is 0 Å². The zero-order valence-electron chi connectivity index (χ0n) is 18.7. The van der Waals surface area contributed by atoms with Gasteiger partial charge in [-0.1, -0.05) is 23.8 Å². The van der Waals surface area contributed by atoms with Crippen molar-refractivity contribution in [3.63, 3.8) is 0 Å². The van der Waals surface area contributed by atoms with E-state index in [9.17, 15) is 14.4 Å². The number of amides is 3. The molecule has 4 rings (SSSR count). The third-order valence-corrected chi connectivity index (χ3v) is 6.40. The Kier molecular flexibility index (Phi) is 6.88. The number of likely N-dealkylation sites (tertiary alicyclic amines) is 2. The van der Waals surface area contributed by atoms with Crippen molar-refractivity contribution in [2.45, 2.75) is 39.0 Å². The van der Waals surface area contributed by atoms with E-state index in [1.807, 2.05) is 42.2 Å². The van der Waals surface area contributed by atoms with Crippen LogP contribution in [0.2, 0.25) is 0 Å². The summed E-state index contributed by atoms with van der Waals surface area (Å²) in [5.41, 5.74) is 2.99. The second-order valence-electron chi connectivity index (χ2n) is 8.88. The van der Waals surface area contributed by atoms with Gasteiger partial charge in [0.2, 0.25) is 5.91 Å². The van der Waals surface area contributed by atoms with E-state index < -0.39 is 0 Å². The molecule has 168 valence electrons. The monoisotopic (exact) mass is 433 g/mol. The van der Waals surface area contributed by atoms with Crippen molar-refractivity contribution in [2.24, 2.45) is 5.92 Å². The van der Waals surface area contributed by atoms with Crippen molar-refractivity contribution in [1.82, 2.24) is 9.80 Å². The van der Waals surface area contributed by atoms with Crippen molar-refractivity contribution >= 4 is 23.4 Å². The lowest BCUT2D eigenvalue weighted by molar-refractivity contribution is -0.121.